The van der Waals surface area contributed by atoms with Gasteiger partial charge in [-0.05, 0) is 17.7 Å². The van der Waals surface area contributed by atoms with Crippen LogP contribution in [0.4, 0.5) is 4.39 Å². The van der Waals surface area contributed by atoms with Gasteiger partial charge >= 0.3 is 0 Å². The number of aliphatic hydroxyl groups is 1. The molecule has 0 radical (unpaired) electrons. The van der Waals surface area contributed by atoms with Gasteiger partial charge in [-0.25, -0.2) is 9.37 Å². The van der Waals surface area contributed by atoms with Gasteiger partial charge in [0.2, 0.25) is 0 Å². The molecule has 0 fully saturated rings. The first kappa shape index (κ1) is 11.0. The number of hydrogen-bond donors (Lipinski definition) is 2. The van der Waals surface area contributed by atoms with Gasteiger partial charge < -0.3 is 5.11 Å². The van der Waals surface area contributed by atoms with Crippen LogP contribution in [0.2, 0.25) is 5.02 Å². The smallest absolute Gasteiger partial charge is 0.153 e. The van der Waals surface area contributed by atoms with Crippen LogP contribution < -0.4 is 0 Å². The van der Waals surface area contributed by atoms with Crippen molar-refractivity contribution in [2.24, 2.45) is 0 Å². The highest BCUT2D eigenvalue weighted by molar-refractivity contribution is 6.30. The minimum Gasteiger partial charge on any atom is -0.385 e. The Balaban J connectivity index is 2.12. The minimum atomic E-state index is -0.830. The lowest BCUT2D eigenvalue weighted by atomic mass is 10.1. The third-order valence-electron chi connectivity index (χ3n) is 2.16. The van der Waals surface area contributed by atoms with Gasteiger partial charge in [0.1, 0.15) is 18.2 Å². The lowest BCUT2D eigenvalue weighted by Crippen LogP contribution is -2.04. The molecule has 1 aromatic carbocycles. The van der Waals surface area contributed by atoms with E-state index in [1.165, 1.54) is 18.5 Å². The summed E-state index contributed by atoms with van der Waals surface area (Å²) in [6.07, 6.45) is 0.729. The van der Waals surface area contributed by atoms with E-state index < -0.39 is 11.9 Å². The zero-order valence-electron chi connectivity index (χ0n) is 8.19. The Bertz CT molecular complexity index is 475. The van der Waals surface area contributed by atoms with Crippen LogP contribution in [0.3, 0.4) is 0 Å². The maximum Gasteiger partial charge on any atom is 0.153 e. The fraction of sp³-hybridized carbons (Fsp3) is 0.200. The van der Waals surface area contributed by atoms with E-state index in [-0.39, 0.29) is 11.4 Å². The van der Waals surface area contributed by atoms with E-state index in [0.717, 1.165) is 0 Å². The summed E-state index contributed by atoms with van der Waals surface area (Å²) in [6.45, 7) is 0. The van der Waals surface area contributed by atoms with Crippen molar-refractivity contribution >= 4 is 11.6 Å². The Morgan fingerprint density at radius 3 is 2.94 bits per heavy atom. The molecule has 0 spiro atoms. The molecule has 0 amide bonds. The number of hydrogen-bond acceptors (Lipinski definition) is 3. The summed E-state index contributed by atoms with van der Waals surface area (Å²) in [5.74, 6) is -0.140. The number of halogens is 2. The Kier molecular flexibility index (Phi) is 3.17. The number of rotatable bonds is 3. The normalized spacial score (nSPS) is 12.7. The van der Waals surface area contributed by atoms with Crippen LogP contribution in [-0.2, 0) is 6.42 Å². The van der Waals surface area contributed by atoms with Crippen LogP contribution in [0.25, 0.3) is 0 Å². The van der Waals surface area contributed by atoms with E-state index in [2.05, 4.69) is 15.2 Å². The lowest BCUT2D eigenvalue weighted by molar-refractivity contribution is 0.168. The SMILES string of the molecule is OC(Cc1ccc(Cl)c(F)c1)c1ncn[nH]1. The van der Waals surface area contributed by atoms with Crippen LogP contribution in [0.5, 0.6) is 0 Å². The highest BCUT2D eigenvalue weighted by Gasteiger charge is 2.12. The molecular weight excluding hydrogens is 233 g/mol. The molecule has 1 aromatic heterocycles. The van der Waals surface area contributed by atoms with Crippen molar-refractivity contribution in [3.8, 4) is 0 Å². The summed E-state index contributed by atoms with van der Waals surface area (Å²) in [7, 11) is 0. The van der Waals surface area contributed by atoms with Crippen molar-refractivity contribution in [1.82, 2.24) is 15.2 Å². The monoisotopic (exact) mass is 241 g/mol. The Hall–Kier alpha value is -1.46. The minimum absolute atomic E-state index is 0.0675. The third-order valence-corrected chi connectivity index (χ3v) is 2.47. The summed E-state index contributed by atoms with van der Waals surface area (Å²) in [4.78, 5) is 3.82. The number of aliphatic hydroxyl groups excluding tert-OH is 1. The van der Waals surface area contributed by atoms with E-state index in [4.69, 9.17) is 11.6 Å². The largest absolute Gasteiger partial charge is 0.385 e. The summed E-state index contributed by atoms with van der Waals surface area (Å²) >= 11 is 5.55. The quantitative estimate of drug-likeness (QED) is 0.863. The summed E-state index contributed by atoms with van der Waals surface area (Å²) in [5.41, 5.74) is 0.644. The molecule has 0 saturated carbocycles. The molecule has 84 valence electrons. The number of aromatic nitrogens is 3. The Morgan fingerprint density at radius 2 is 2.31 bits per heavy atom. The van der Waals surface area contributed by atoms with E-state index in [1.807, 2.05) is 0 Å². The predicted molar refractivity (Wildman–Crippen MR) is 56.5 cm³/mol. The van der Waals surface area contributed by atoms with Gasteiger partial charge in [-0.1, -0.05) is 17.7 Å². The molecule has 0 aliphatic carbocycles. The lowest BCUT2D eigenvalue weighted by Gasteiger charge is -2.07. The van der Waals surface area contributed by atoms with E-state index in [9.17, 15) is 9.50 Å². The molecule has 1 heterocycles. The molecule has 4 nitrogen and oxygen atoms in total. The number of aromatic amines is 1. The van der Waals surface area contributed by atoms with Gasteiger partial charge in [0.15, 0.2) is 5.82 Å². The highest BCUT2D eigenvalue weighted by atomic mass is 35.5. The number of nitrogens with zero attached hydrogens (tertiary/aromatic N) is 2. The fourth-order valence-corrected chi connectivity index (χ4v) is 1.48. The average molecular weight is 242 g/mol. The second kappa shape index (κ2) is 4.59. The standard InChI is InChI=1S/C10H9ClFN3O/c11-7-2-1-6(3-8(7)12)4-9(16)10-13-5-14-15-10/h1-3,5,9,16H,4H2,(H,13,14,15). The zero-order chi connectivity index (χ0) is 11.5. The molecule has 2 N–H and O–H groups in total. The average Bonchev–Trinajstić information content (AvgIpc) is 2.77. The van der Waals surface area contributed by atoms with Crippen LogP contribution >= 0.6 is 11.6 Å². The Morgan fingerprint density at radius 1 is 1.50 bits per heavy atom. The van der Waals surface area contributed by atoms with Crippen molar-refractivity contribution < 1.29 is 9.50 Å². The van der Waals surface area contributed by atoms with Gasteiger partial charge in [-0.3, -0.25) is 5.10 Å². The van der Waals surface area contributed by atoms with Gasteiger partial charge in [-0.15, -0.1) is 0 Å². The van der Waals surface area contributed by atoms with Crippen molar-refractivity contribution in [3.05, 3.63) is 46.8 Å². The first-order valence-electron chi connectivity index (χ1n) is 4.64. The molecule has 6 heteroatoms. The van der Waals surface area contributed by atoms with Gasteiger partial charge in [-0.2, -0.15) is 5.10 Å². The van der Waals surface area contributed by atoms with Crippen LogP contribution in [0.15, 0.2) is 24.5 Å². The van der Waals surface area contributed by atoms with Crippen molar-refractivity contribution in [2.45, 2.75) is 12.5 Å². The second-order valence-corrected chi connectivity index (χ2v) is 3.75. The van der Waals surface area contributed by atoms with Crippen LogP contribution in [-0.4, -0.2) is 20.3 Å². The maximum absolute atomic E-state index is 13.1. The molecule has 0 saturated heterocycles. The topological polar surface area (TPSA) is 61.8 Å². The van der Waals surface area contributed by atoms with Gasteiger partial charge in [0, 0.05) is 6.42 Å². The van der Waals surface area contributed by atoms with Crippen molar-refractivity contribution in [3.63, 3.8) is 0 Å². The molecule has 2 aromatic rings. The summed E-state index contributed by atoms with van der Waals surface area (Å²) < 4.78 is 13.1. The van der Waals surface area contributed by atoms with Crippen molar-refractivity contribution in [2.75, 3.05) is 0 Å². The third kappa shape index (κ3) is 2.37. The fourth-order valence-electron chi connectivity index (χ4n) is 1.36. The second-order valence-electron chi connectivity index (χ2n) is 3.34. The molecule has 1 unspecified atom stereocenters. The molecule has 0 aliphatic heterocycles. The molecule has 0 bridgehead atoms. The van der Waals surface area contributed by atoms with Gasteiger partial charge in [0.05, 0.1) is 5.02 Å². The molecule has 1 atom stereocenters. The van der Waals surface area contributed by atoms with E-state index in [1.54, 1.807) is 6.07 Å². The predicted octanol–water partition coefficient (Wildman–Crippen LogP) is 1.87. The molecule has 0 aliphatic rings. The Labute approximate surface area is 96.1 Å². The zero-order valence-corrected chi connectivity index (χ0v) is 8.95. The molecular formula is C10H9ClFN3O. The number of nitrogens with one attached hydrogen (secondary N) is 1. The van der Waals surface area contributed by atoms with Gasteiger partial charge in [0.25, 0.3) is 0 Å². The van der Waals surface area contributed by atoms with E-state index >= 15 is 0 Å². The van der Waals surface area contributed by atoms with Crippen molar-refractivity contribution in [1.29, 1.82) is 0 Å². The highest BCUT2D eigenvalue weighted by Crippen LogP contribution is 2.19. The summed E-state index contributed by atoms with van der Waals surface area (Å²) in [5, 5.41) is 16.0. The number of benzene rings is 1. The number of H-pyrrole nitrogens is 1. The first-order valence-corrected chi connectivity index (χ1v) is 5.02. The maximum atomic E-state index is 13.1. The molecule has 2 rings (SSSR count). The first-order chi connectivity index (χ1) is 7.66. The summed E-state index contributed by atoms with van der Waals surface area (Å²) in [6, 6.07) is 4.41. The molecule has 16 heavy (non-hydrogen) atoms. The van der Waals surface area contributed by atoms with E-state index in [0.29, 0.717) is 11.4 Å². The van der Waals surface area contributed by atoms with Crippen LogP contribution in [0, 0.1) is 5.82 Å². The van der Waals surface area contributed by atoms with Crippen LogP contribution in [0.1, 0.15) is 17.5 Å².